The maximum Gasteiger partial charge on any atom is 0.172 e. The third kappa shape index (κ3) is 4.68. The number of nitrogens with zero attached hydrogens (tertiary/aromatic N) is 4. The van der Waals surface area contributed by atoms with Gasteiger partial charge in [0.25, 0.3) is 0 Å². The quantitative estimate of drug-likeness (QED) is 0.250. The molecule has 4 heterocycles. The summed E-state index contributed by atoms with van der Waals surface area (Å²) in [5.41, 5.74) is 3.47. The minimum absolute atomic E-state index is 0.591. The molecule has 0 spiro atoms. The highest BCUT2D eigenvalue weighted by molar-refractivity contribution is 9.10. The van der Waals surface area contributed by atoms with E-state index in [9.17, 15) is 0 Å². The number of piperidine rings is 1. The third-order valence-electron chi connectivity index (χ3n) is 6.71. The summed E-state index contributed by atoms with van der Waals surface area (Å²) in [5, 5.41) is 10.0. The van der Waals surface area contributed by atoms with E-state index in [4.69, 9.17) is 21.0 Å². The Balaban J connectivity index is 1.12. The average Bonchev–Trinajstić information content (AvgIpc) is 3.46. The summed E-state index contributed by atoms with van der Waals surface area (Å²) in [6.45, 7) is 3.88. The van der Waals surface area contributed by atoms with Crippen LogP contribution in [0.2, 0.25) is 5.02 Å². The smallest absolute Gasteiger partial charge is 0.172 e. The maximum absolute atomic E-state index is 6.46. The molecule has 0 bridgehead atoms. The molecule has 1 aliphatic heterocycles. The number of halogens is 2. The van der Waals surface area contributed by atoms with Gasteiger partial charge in [0.05, 0.1) is 22.9 Å². The Labute approximate surface area is 217 Å². The number of fused-ring (bicyclic) bond motifs is 2. The zero-order valence-electron chi connectivity index (χ0n) is 19.1. The van der Waals surface area contributed by atoms with Crippen LogP contribution in [0.4, 0.5) is 5.82 Å². The lowest BCUT2D eigenvalue weighted by atomic mass is 9.96. The van der Waals surface area contributed by atoms with Gasteiger partial charge >= 0.3 is 0 Å². The monoisotopic (exact) mass is 549 g/mol. The van der Waals surface area contributed by atoms with E-state index in [2.05, 4.69) is 49.4 Å². The highest BCUT2D eigenvalue weighted by atomic mass is 79.9. The molecule has 1 saturated heterocycles. The Hall–Kier alpha value is -2.87. The number of benzene rings is 2. The zero-order valence-corrected chi connectivity index (χ0v) is 21.5. The van der Waals surface area contributed by atoms with Gasteiger partial charge in [0.1, 0.15) is 17.2 Å². The summed E-state index contributed by atoms with van der Waals surface area (Å²) < 4.78 is 8.72. The van der Waals surface area contributed by atoms with Crippen molar-refractivity contribution in [1.29, 1.82) is 0 Å². The van der Waals surface area contributed by atoms with Crippen LogP contribution in [0.15, 0.2) is 75.8 Å². The predicted octanol–water partition coefficient (Wildman–Crippen LogP) is 6.88. The van der Waals surface area contributed by atoms with Crippen LogP contribution in [-0.2, 0) is 6.54 Å². The van der Waals surface area contributed by atoms with Crippen LogP contribution >= 0.6 is 27.5 Å². The van der Waals surface area contributed by atoms with Gasteiger partial charge in [0.2, 0.25) is 0 Å². The van der Waals surface area contributed by atoms with E-state index in [0.29, 0.717) is 10.9 Å². The first-order valence-corrected chi connectivity index (χ1v) is 13.0. The molecule has 178 valence electrons. The minimum atomic E-state index is 0.591. The van der Waals surface area contributed by atoms with Gasteiger partial charge in [-0.3, -0.25) is 4.90 Å². The van der Waals surface area contributed by atoms with E-state index < -0.39 is 0 Å². The summed E-state index contributed by atoms with van der Waals surface area (Å²) in [7, 11) is 0. The van der Waals surface area contributed by atoms with Crippen molar-refractivity contribution in [2.45, 2.75) is 19.4 Å². The van der Waals surface area contributed by atoms with Crippen LogP contribution < -0.4 is 5.32 Å². The second-order valence-corrected chi connectivity index (χ2v) is 10.3. The molecule has 1 fully saturated rings. The maximum atomic E-state index is 6.46. The number of hydrogen-bond donors (Lipinski definition) is 1. The summed E-state index contributed by atoms with van der Waals surface area (Å²) in [6.07, 6.45) is 4.06. The topological polar surface area (TPSA) is 58.6 Å². The first-order valence-electron chi connectivity index (χ1n) is 11.9. The number of aromatic nitrogens is 3. The Kier molecular flexibility index (Phi) is 6.22. The van der Waals surface area contributed by atoms with Crippen LogP contribution in [0.1, 0.15) is 18.6 Å². The fourth-order valence-electron chi connectivity index (χ4n) is 4.80. The van der Waals surface area contributed by atoms with Gasteiger partial charge < -0.3 is 9.73 Å². The average molecular weight is 551 g/mol. The van der Waals surface area contributed by atoms with Crippen molar-refractivity contribution in [2.24, 2.45) is 5.92 Å². The number of para-hydroxylation sites is 1. The molecular formula is C27H25BrClN5O. The van der Waals surface area contributed by atoms with Gasteiger partial charge in [0, 0.05) is 28.6 Å². The molecule has 0 saturated carbocycles. The van der Waals surface area contributed by atoms with E-state index in [1.165, 1.54) is 5.39 Å². The molecule has 8 heteroatoms. The third-order valence-corrected chi connectivity index (χ3v) is 7.60. The van der Waals surface area contributed by atoms with Crippen LogP contribution in [-0.4, -0.2) is 39.1 Å². The number of hydrogen-bond acceptors (Lipinski definition) is 5. The van der Waals surface area contributed by atoms with Gasteiger partial charge in [-0.15, -0.1) is 0 Å². The predicted molar refractivity (Wildman–Crippen MR) is 144 cm³/mol. The summed E-state index contributed by atoms with van der Waals surface area (Å²) in [6, 6.07) is 20.2. The van der Waals surface area contributed by atoms with Crippen LogP contribution in [0, 0.1) is 5.92 Å². The Bertz CT molecular complexity index is 1450. The molecule has 1 N–H and O–H groups in total. The van der Waals surface area contributed by atoms with Crippen LogP contribution in [0.25, 0.3) is 27.9 Å². The lowest BCUT2D eigenvalue weighted by molar-refractivity contribution is 0.172. The second kappa shape index (κ2) is 9.64. The molecule has 0 atom stereocenters. The van der Waals surface area contributed by atoms with Crippen molar-refractivity contribution in [3.8, 4) is 11.3 Å². The lowest BCUT2D eigenvalue weighted by Crippen LogP contribution is -2.35. The van der Waals surface area contributed by atoms with Gasteiger partial charge in [-0.25, -0.2) is 4.98 Å². The molecule has 2 aromatic carbocycles. The molecule has 5 aromatic rings. The molecule has 6 rings (SSSR count). The zero-order chi connectivity index (χ0) is 23.8. The van der Waals surface area contributed by atoms with Gasteiger partial charge in [0.15, 0.2) is 5.65 Å². The molecule has 6 nitrogen and oxygen atoms in total. The Morgan fingerprint density at radius 3 is 2.69 bits per heavy atom. The van der Waals surface area contributed by atoms with E-state index in [1.54, 1.807) is 6.20 Å². The van der Waals surface area contributed by atoms with E-state index in [-0.39, 0.29) is 0 Å². The molecule has 35 heavy (non-hydrogen) atoms. The number of anilines is 1. The van der Waals surface area contributed by atoms with Crippen molar-refractivity contribution in [3.63, 3.8) is 0 Å². The molecule has 3 aromatic heterocycles. The SMILES string of the molecule is Clc1ccccc1-c1cc(NCC2CCN(Cc3cc4ccccc4o3)CC2)n2ncc(Br)c2n1. The van der Waals surface area contributed by atoms with Crippen molar-refractivity contribution < 1.29 is 4.42 Å². The van der Waals surface area contributed by atoms with Crippen molar-refractivity contribution in [3.05, 3.63) is 82.1 Å². The summed E-state index contributed by atoms with van der Waals surface area (Å²) >= 11 is 10.0. The molecule has 0 radical (unpaired) electrons. The van der Waals surface area contributed by atoms with Crippen molar-refractivity contribution in [2.75, 3.05) is 25.0 Å². The lowest BCUT2D eigenvalue weighted by Gasteiger charge is -2.31. The van der Waals surface area contributed by atoms with Crippen molar-refractivity contribution in [1.82, 2.24) is 19.5 Å². The van der Waals surface area contributed by atoms with Crippen LogP contribution in [0.5, 0.6) is 0 Å². The van der Waals surface area contributed by atoms with Gasteiger partial charge in [-0.05, 0) is 66.0 Å². The largest absolute Gasteiger partial charge is 0.460 e. The first kappa shape index (κ1) is 22.6. The fourth-order valence-corrected chi connectivity index (χ4v) is 5.38. The number of nitrogens with one attached hydrogen (secondary N) is 1. The standard InChI is InChI=1S/C27H25BrClN5O/c28-22-16-31-34-26(14-24(32-27(22)34)21-6-2-3-7-23(21)29)30-15-18-9-11-33(12-10-18)17-20-13-19-5-1-4-8-25(19)35-20/h1-8,13-14,16,18,30H,9-12,15,17H2. The van der Waals surface area contributed by atoms with E-state index >= 15 is 0 Å². The van der Waals surface area contributed by atoms with Crippen molar-refractivity contribution >= 4 is 50.0 Å². The molecule has 0 unspecified atom stereocenters. The second-order valence-electron chi connectivity index (χ2n) is 9.09. The molecule has 1 aliphatic rings. The van der Waals surface area contributed by atoms with Gasteiger partial charge in [-0.2, -0.15) is 9.61 Å². The number of likely N-dealkylation sites (tertiary alicyclic amines) is 1. The molecule has 0 aliphatic carbocycles. The van der Waals surface area contributed by atoms with E-state index in [1.807, 2.05) is 47.0 Å². The normalized spacial score (nSPS) is 15.3. The van der Waals surface area contributed by atoms with Gasteiger partial charge in [-0.1, -0.05) is 48.0 Å². The molecular weight excluding hydrogens is 526 g/mol. The highest BCUT2D eigenvalue weighted by Crippen LogP contribution is 2.31. The fraction of sp³-hybridized carbons (Fsp3) is 0.259. The molecule has 0 amide bonds. The number of furan rings is 1. The van der Waals surface area contributed by atoms with Crippen LogP contribution in [0.3, 0.4) is 0 Å². The van der Waals surface area contributed by atoms with E-state index in [0.717, 1.165) is 77.6 Å². The highest BCUT2D eigenvalue weighted by Gasteiger charge is 2.21. The Morgan fingerprint density at radius 2 is 1.86 bits per heavy atom. The summed E-state index contributed by atoms with van der Waals surface area (Å²) in [5.74, 6) is 2.55. The summed E-state index contributed by atoms with van der Waals surface area (Å²) in [4.78, 5) is 7.29. The number of rotatable bonds is 6. The first-order chi connectivity index (χ1) is 17.1. The Morgan fingerprint density at radius 1 is 1.06 bits per heavy atom. The minimum Gasteiger partial charge on any atom is -0.460 e.